The molecule has 0 atom stereocenters. The summed E-state index contributed by atoms with van der Waals surface area (Å²) in [5, 5.41) is 3.13. The van der Waals surface area contributed by atoms with E-state index < -0.39 is 0 Å². The molecule has 1 aliphatic rings. The molecule has 1 saturated carbocycles. The number of carbonyl (C=O) groups is 1. The molecule has 0 radical (unpaired) electrons. The summed E-state index contributed by atoms with van der Waals surface area (Å²) >= 11 is 0. The number of esters is 1. The van der Waals surface area contributed by atoms with E-state index in [1.54, 1.807) is 0 Å². The van der Waals surface area contributed by atoms with E-state index in [0.29, 0.717) is 6.54 Å². The second-order valence-corrected chi connectivity index (χ2v) is 5.13. The minimum atomic E-state index is -0.163. The number of rotatable bonds is 7. The van der Waals surface area contributed by atoms with Gasteiger partial charge in [-0.15, -0.1) is 0 Å². The summed E-state index contributed by atoms with van der Waals surface area (Å²) in [6, 6.07) is 0.749. The Kier molecular flexibility index (Phi) is 6.52. The number of nitrogens with one attached hydrogen (secondary N) is 1. The molecule has 1 rings (SSSR count). The van der Waals surface area contributed by atoms with Crippen molar-refractivity contribution in [1.82, 2.24) is 10.2 Å². The molecule has 0 saturated heterocycles. The number of carbonyl (C=O) groups excluding carboxylic acids is 1. The molecule has 100 valence electrons. The lowest BCUT2D eigenvalue weighted by Crippen LogP contribution is -2.37. The summed E-state index contributed by atoms with van der Waals surface area (Å²) in [5.41, 5.74) is 0. The molecule has 0 spiro atoms. The van der Waals surface area contributed by atoms with Crippen molar-refractivity contribution >= 4 is 5.97 Å². The summed E-state index contributed by atoms with van der Waals surface area (Å²) < 4.78 is 5.04. The van der Waals surface area contributed by atoms with Gasteiger partial charge in [0.25, 0.3) is 0 Å². The zero-order valence-corrected chi connectivity index (χ0v) is 11.4. The molecule has 0 aromatic heterocycles. The fraction of sp³-hybridized carbons (Fsp3) is 0.923. The number of hydrogen-bond acceptors (Lipinski definition) is 4. The van der Waals surface area contributed by atoms with Gasteiger partial charge in [0.05, 0.1) is 12.6 Å². The zero-order valence-electron chi connectivity index (χ0n) is 11.4. The van der Waals surface area contributed by atoms with Crippen molar-refractivity contribution in [1.29, 1.82) is 0 Å². The number of nitrogens with zero attached hydrogens (tertiary/aromatic N) is 1. The maximum absolute atomic E-state index is 11.3. The molecule has 4 nitrogen and oxygen atoms in total. The first-order valence-corrected chi connectivity index (χ1v) is 6.70. The number of hydrogen-bond donors (Lipinski definition) is 1. The molecule has 0 aliphatic heterocycles. The van der Waals surface area contributed by atoms with Gasteiger partial charge < -0.3 is 15.0 Å². The first-order valence-electron chi connectivity index (χ1n) is 6.70. The molecule has 0 aromatic carbocycles. The van der Waals surface area contributed by atoms with Crippen LogP contribution in [0.2, 0.25) is 0 Å². The third kappa shape index (κ3) is 6.03. The fourth-order valence-electron chi connectivity index (χ4n) is 2.28. The Bertz CT molecular complexity index is 225. The summed E-state index contributed by atoms with van der Waals surface area (Å²) in [5.74, 6) is -0.163. The van der Waals surface area contributed by atoms with Crippen molar-refractivity contribution in [2.75, 3.05) is 26.7 Å². The van der Waals surface area contributed by atoms with Crippen molar-refractivity contribution in [3.8, 4) is 0 Å². The van der Waals surface area contributed by atoms with Crippen LogP contribution in [0.5, 0.6) is 0 Å². The Morgan fingerprint density at radius 1 is 1.41 bits per heavy atom. The highest BCUT2D eigenvalue weighted by atomic mass is 16.5. The van der Waals surface area contributed by atoms with Crippen LogP contribution in [0.1, 0.15) is 39.5 Å². The van der Waals surface area contributed by atoms with Crippen LogP contribution in [0.15, 0.2) is 0 Å². The monoisotopic (exact) mass is 242 g/mol. The third-order valence-electron chi connectivity index (χ3n) is 3.23. The second kappa shape index (κ2) is 7.67. The Balaban J connectivity index is 2.01. The van der Waals surface area contributed by atoms with Gasteiger partial charge in [0.1, 0.15) is 0 Å². The van der Waals surface area contributed by atoms with Gasteiger partial charge in [-0.1, -0.05) is 12.8 Å². The molecular weight excluding hydrogens is 216 g/mol. The average molecular weight is 242 g/mol. The Hall–Kier alpha value is -0.610. The van der Waals surface area contributed by atoms with E-state index in [0.717, 1.165) is 19.1 Å². The molecular formula is C13H26N2O2. The number of ether oxygens (including phenoxy) is 1. The molecule has 0 amide bonds. The van der Waals surface area contributed by atoms with Gasteiger partial charge in [0.15, 0.2) is 0 Å². The predicted molar refractivity (Wildman–Crippen MR) is 69.0 cm³/mol. The van der Waals surface area contributed by atoms with Crippen molar-refractivity contribution in [3.05, 3.63) is 0 Å². The van der Waals surface area contributed by atoms with E-state index in [4.69, 9.17) is 4.74 Å². The molecule has 0 unspecified atom stereocenters. The van der Waals surface area contributed by atoms with Crippen LogP contribution >= 0.6 is 0 Å². The van der Waals surface area contributed by atoms with Crippen molar-refractivity contribution in [2.45, 2.75) is 51.7 Å². The lowest BCUT2D eigenvalue weighted by atomic mass is 10.2. The maximum Gasteiger partial charge on any atom is 0.320 e. The lowest BCUT2D eigenvalue weighted by molar-refractivity contribution is -0.146. The zero-order chi connectivity index (χ0) is 12.7. The largest absolute Gasteiger partial charge is 0.462 e. The van der Waals surface area contributed by atoms with E-state index in [1.165, 1.54) is 25.7 Å². The highest BCUT2D eigenvalue weighted by molar-refractivity contribution is 5.71. The van der Waals surface area contributed by atoms with Crippen molar-refractivity contribution < 1.29 is 9.53 Å². The van der Waals surface area contributed by atoms with Crippen molar-refractivity contribution in [3.63, 3.8) is 0 Å². The molecule has 17 heavy (non-hydrogen) atoms. The second-order valence-electron chi connectivity index (χ2n) is 5.13. The quantitative estimate of drug-likeness (QED) is 0.541. The van der Waals surface area contributed by atoms with Crippen LogP contribution in [0, 0.1) is 0 Å². The van der Waals surface area contributed by atoms with Gasteiger partial charge in [0.2, 0.25) is 0 Å². The van der Waals surface area contributed by atoms with E-state index in [-0.39, 0.29) is 12.1 Å². The van der Waals surface area contributed by atoms with Crippen LogP contribution in [-0.4, -0.2) is 49.7 Å². The topological polar surface area (TPSA) is 41.6 Å². The molecule has 1 N–H and O–H groups in total. The van der Waals surface area contributed by atoms with Gasteiger partial charge in [0, 0.05) is 19.1 Å². The fourth-order valence-corrected chi connectivity index (χ4v) is 2.28. The van der Waals surface area contributed by atoms with E-state index in [2.05, 4.69) is 17.3 Å². The molecule has 0 bridgehead atoms. The smallest absolute Gasteiger partial charge is 0.320 e. The first kappa shape index (κ1) is 14.5. The van der Waals surface area contributed by atoms with Crippen LogP contribution in [0.4, 0.5) is 0 Å². The standard InChI is InChI=1S/C13H26N2O2/c1-11(2)17-13(16)10-14-8-9-15(3)12-6-4-5-7-12/h11-12,14H,4-10H2,1-3H3. The number of likely N-dealkylation sites (N-methyl/N-ethyl adjacent to an activating group) is 1. The minimum absolute atomic E-state index is 0.0227. The third-order valence-corrected chi connectivity index (χ3v) is 3.23. The molecule has 1 fully saturated rings. The van der Waals surface area contributed by atoms with Crippen LogP contribution in [0.3, 0.4) is 0 Å². The molecule has 1 aliphatic carbocycles. The van der Waals surface area contributed by atoms with E-state index in [1.807, 2.05) is 13.8 Å². The van der Waals surface area contributed by atoms with Gasteiger partial charge in [-0.3, -0.25) is 4.79 Å². The highest BCUT2D eigenvalue weighted by Crippen LogP contribution is 2.21. The van der Waals surface area contributed by atoms with Crippen LogP contribution < -0.4 is 5.32 Å². The van der Waals surface area contributed by atoms with E-state index >= 15 is 0 Å². The van der Waals surface area contributed by atoms with Gasteiger partial charge in [-0.05, 0) is 33.7 Å². The lowest BCUT2D eigenvalue weighted by Gasteiger charge is -2.23. The van der Waals surface area contributed by atoms with Gasteiger partial charge in [-0.2, -0.15) is 0 Å². The summed E-state index contributed by atoms with van der Waals surface area (Å²) in [7, 11) is 2.17. The summed E-state index contributed by atoms with van der Waals surface area (Å²) in [4.78, 5) is 13.7. The predicted octanol–water partition coefficient (Wildman–Crippen LogP) is 1.40. The summed E-state index contributed by atoms with van der Waals surface area (Å²) in [6.07, 6.45) is 5.36. The van der Waals surface area contributed by atoms with Crippen LogP contribution in [-0.2, 0) is 9.53 Å². The Morgan fingerprint density at radius 2 is 2.06 bits per heavy atom. The van der Waals surface area contributed by atoms with Crippen molar-refractivity contribution in [2.24, 2.45) is 0 Å². The van der Waals surface area contributed by atoms with E-state index in [9.17, 15) is 4.79 Å². The molecule has 4 heteroatoms. The Morgan fingerprint density at radius 3 is 2.65 bits per heavy atom. The average Bonchev–Trinajstić information content (AvgIpc) is 2.76. The van der Waals surface area contributed by atoms with Crippen LogP contribution in [0.25, 0.3) is 0 Å². The maximum atomic E-state index is 11.3. The molecule has 0 heterocycles. The molecule has 0 aromatic rings. The SMILES string of the molecule is CC(C)OC(=O)CNCCN(C)C1CCCC1. The first-order chi connectivity index (χ1) is 8.09. The van der Waals surface area contributed by atoms with Gasteiger partial charge >= 0.3 is 5.97 Å². The highest BCUT2D eigenvalue weighted by Gasteiger charge is 2.18. The Labute approximate surface area is 105 Å². The minimum Gasteiger partial charge on any atom is -0.462 e. The normalized spacial score (nSPS) is 17.0. The summed E-state index contributed by atoms with van der Waals surface area (Å²) in [6.45, 7) is 5.90. The van der Waals surface area contributed by atoms with Gasteiger partial charge in [-0.25, -0.2) is 0 Å².